The average molecular weight is 891 g/mol. The molecule has 0 rings (SSSR count). The fraction of sp³-hybridized carbons (Fsp3) is 0.702. The van der Waals surface area contributed by atoms with Crippen LogP contribution in [0.4, 0.5) is 0 Å². The van der Waals surface area contributed by atoms with Crippen molar-refractivity contribution in [1.82, 2.24) is 5.32 Å². The summed E-state index contributed by atoms with van der Waals surface area (Å²) in [6.45, 7) is 4.83. The molecule has 0 aliphatic carbocycles. The van der Waals surface area contributed by atoms with E-state index in [-0.39, 0.29) is 18.0 Å². The molecule has 0 fully saturated rings. The van der Waals surface area contributed by atoms with Gasteiger partial charge in [-0.25, -0.2) is 4.79 Å². The van der Waals surface area contributed by atoms with E-state index in [0.29, 0.717) is 32.2 Å². The van der Waals surface area contributed by atoms with Crippen molar-refractivity contribution in [2.75, 3.05) is 6.54 Å². The van der Waals surface area contributed by atoms with Crippen molar-refractivity contribution in [3.8, 4) is 0 Å². The van der Waals surface area contributed by atoms with Gasteiger partial charge in [-0.15, -0.1) is 0 Å². The summed E-state index contributed by atoms with van der Waals surface area (Å²) >= 11 is 0. The Kier molecular flexibility index (Phi) is 47.8. The number of esters is 1. The molecule has 0 aromatic heterocycles. The zero-order valence-electron chi connectivity index (χ0n) is 41.4. The summed E-state index contributed by atoms with van der Waals surface area (Å²) in [6.07, 6.45) is 67.8. The van der Waals surface area contributed by atoms with Gasteiger partial charge in [0.25, 0.3) is 0 Å². The molecule has 0 aromatic carbocycles. The lowest BCUT2D eigenvalue weighted by Crippen LogP contribution is -2.40. The van der Waals surface area contributed by atoms with E-state index in [4.69, 9.17) is 10.5 Å². The molecule has 0 aromatic rings. The van der Waals surface area contributed by atoms with Gasteiger partial charge >= 0.3 is 11.9 Å². The molecule has 4 N–H and O–H groups in total. The molecule has 0 aliphatic heterocycles. The second-order valence-corrected chi connectivity index (χ2v) is 17.5. The fourth-order valence-electron chi connectivity index (χ4n) is 7.51. The van der Waals surface area contributed by atoms with Crippen LogP contribution >= 0.6 is 0 Å². The molecule has 2 unspecified atom stereocenters. The Balaban J connectivity index is 4.35. The number of ether oxygens (including phenoxy) is 1. The maximum Gasteiger partial charge on any atom is 0.326 e. The molecular formula is C57H98N2O5. The van der Waals surface area contributed by atoms with Crippen LogP contribution in [0.25, 0.3) is 0 Å². The molecule has 1 amide bonds. The number of carbonyl (C=O) groups excluding carboxylic acids is 2. The van der Waals surface area contributed by atoms with Crippen LogP contribution in [0, 0.1) is 0 Å². The molecule has 2 atom stereocenters. The van der Waals surface area contributed by atoms with E-state index in [0.717, 1.165) is 128 Å². The van der Waals surface area contributed by atoms with Gasteiger partial charge < -0.3 is 20.9 Å². The molecular weight excluding hydrogens is 793 g/mol. The predicted octanol–water partition coefficient (Wildman–Crippen LogP) is 16.0. The Labute approximate surface area is 394 Å². The second-order valence-electron chi connectivity index (χ2n) is 17.5. The van der Waals surface area contributed by atoms with Gasteiger partial charge in [0.15, 0.2) is 0 Å². The fourth-order valence-corrected chi connectivity index (χ4v) is 7.51. The van der Waals surface area contributed by atoms with Gasteiger partial charge in [0, 0.05) is 12.8 Å². The number of carboxylic acid groups (broad SMARTS) is 1. The minimum Gasteiger partial charge on any atom is -0.480 e. The highest BCUT2D eigenvalue weighted by atomic mass is 16.5. The summed E-state index contributed by atoms with van der Waals surface area (Å²) in [5, 5.41) is 12.0. The van der Waals surface area contributed by atoms with Crippen molar-refractivity contribution in [2.45, 2.75) is 251 Å². The minimum atomic E-state index is -1.01. The van der Waals surface area contributed by atoms with E-state index in [1.165, 1.54) is 70.6 Å². The molecule has 0 saturated carbocycles. The van der Waals surface area contributed by atoms with Gasteiger partial charge in [-0.2, -0.15) is 0 Å². The Morgan fingerprint density at radius 3 is 1.31 bits per heavy atom. The minimum absolute atomic E-state index is 0.0228. The van der Waals surface area contributed by atoms with Crippen LogP contribution in [0.1, 0.15) is 239 Å². The highest BCUT2D eigenvalue weighted by Crippen LogP contribution is 2.19. The number of carbonyl (C=O) groups is 3. The lowest BCUT2D eigenvalue weighted by Gasteiger charge is -2.18. The van der Waals surface area contributed by atoms with Crippen LogP contribution in [0.5, 0.6) is 0 Å². The van der Waals surface area contributed by atoms with E-state index in [2.05, 4.69) is 104 Å². The molecule has 366 valence electrons. The average Bonchev–Trinajstić information content (AvgIpc) is 3.28. The summed E-state index contributed by atoms with van der Waals surface area (Å²) in [7, 11) is 0. The summed E-state index contributed by atoms with van der Waals surface area (Å²) in [5.41, 5.74) is 5.50. The molecule has 0 heterocycles. The van der Waals surface area contributed by atoms with Crippen molar-refractivity contribution in [2.24, 2.45) is 5.73 Å². The molecule has 0 aliphatic rings. The normalized spacial score (nSPS) is 13.3. The molecule has 0 saturated heterocycles. The SMILES string of the molecule is CC/C=C\C/C=C\C/C=C\C/C=C\C/C=C\CCCCCCCCCC(=O)OC(CCCCC/C=C\C/C=C\CCCCCCC)CCCCCCCC(=O)NC(CCCN)C(=O)O. The number of nitrogens with one attached hydrogen (secondary N) is 1. The van der Waals surface area contributed by atoms with E-state index in [9.17, 15) is 19.5 Å². The molecule has 64 heavy (non-hydrogen) atoms. The monoisotopic (exact) mass is 891 g/mol. The van der Waals surface area contributed by atoms with Crippen molar-refractivity contribution >= 4 is 17.8 Å². The number of carboxylic acids is 1. The van der Waals surface area contributed by atoms with Crippen LogP contribution in [-0.2, 0) is 19.1 Å². The summed E-state index contributed by atoms with van der Waals surface area (Å²) < 4.78 is 6.08. The first-order valence-electron chi connectivity index (χ1n) is 26.4. The Bertz CT molecular complexity index is 1280. The number of nitrogens with two attached hydrogens (primary N) is 1. The number of aliphatic carboxylic acids is 1. The maximum absolute atomic E-state index is 12.9. The number of unbranched alkanes of at least 4 members (excludes halogenated alkanes) is 19. The number of allylic oxidation sites excluding steroid dienone is 14. The van der Waals surface area contributed by atoms with Crippen LogP contribution < -0.4 is 11.1 Å². The van der Waals surface area contributed by atoms with Gasteiger partial charge in [0.05, 0.1) is 0 Å². The number of amides is 1. The first-order chi connectivity index (χ1) is 31.4. The van der Waals surface area contributed by atoms with Gasteiger partial charge in [0.1, 0.15) is 12.1 Å². The summed E-state index contributed by atoms with van der Waals surface area (Å²) in [6, 6.07) is -0.865. The number of hydrogen-bond donors (Lipinski definition) is 3. The standard InChI is InChI=1S/C57H98N2O5/c1-3-5-7-9-11-13-15-17-19-20-21-22-23-24-25-26-28-30-32-34-36-41-45-51-56(61)64-53(47-42-38-35-33-31-29-27-18-16-14-12-10-8-6-4-2)48-43-39-37-40-44-50-55(60)59-54(57(62)63)49-46-52-58/h5,7,11,13,16-19,21-22,24-25,29,31,53-54H,3-4,6,8-10,12,14-15,20,23,26-28,30,32-52,58H2,1-2H3,(H,59,60)(H,62,63)/b7-5-,13-11-,18-16-,19-17-,22-21-,25-24-,31-29-. The van der Waals surface area contributed by atoms with Gasteiger partial charge in [0.2, 0.25) is 5.91 Å². The number of rotatable bonds is 47. The first-order valence-corrected chi connectivity index (χ1v) is 26.4. The summed E-state index contributed by atoms with van der Waals surface area (Å²) in [5.74, 6) is -1.26. The third-order valence-electron chi connectivity index (χ3n) is 11.4. The Morgan fingerprint density at radius 1 is 0.469 bits per heavy atom. The Morgan fingerprint density at radius 2 is 0.859 bits per heavy atom. The topological polar surface area (TPSA) is 119 Å². The van der Waals surface area contributed by atoms with Gasteiger partial charge in [-0.05, 0) is 135 Å². The lowest BCUT2D eigenvalue weighted by atomic mass is 10.0. The zero-order valence-corrected chi connectivity index (χ0v) is 41.4. The van der Waals surface area contributed by atoms with E-state index >= 15 is 0 Å². The van der Waals surface area contributed by atoms with Crippen LogP contribution in [-0.4, -0.2) is 41.6 Å². The third kappa shape index (κ3) is 46.5. The lowest BCUT2D eigenvalue weighted by molar-refractivity contribution is -0.150. The van der Waals surface area contributed by atoms with E-state index in [1.54, 1.807) is 0 Å². The van der Waals surface area contributed by atoms with E-state index < -0.39 is 12.0 Å². The maximum atomic E-state index is 12.9. The molecule has 7 nitrogen and oxygen atoms in total. The van der Waals surface area contributed by atoms with Crippen molar-refractivity contribution in [3.63, 3.8) is 0 Å². The van der Waals surface area contributed by atoms with Crippen LogP contribution in [0.15, 0.2) is 85.1 Å². The molecule has 0 bridgehead atoms. The largest absolute Gasteiger partial charge is 0.480 e. The number of hydrogen-bond acceptors (Lipinski definition) is 5. The zero-order chi connectivity index (χ0) is 46.7. The van der Waals surface area contributed by atoms with Crippen LogP contribution in [0.3, 0.4) is 0 Å². The molecule has 0 spiro atoms. The first kappa shape index (κ1) is 60.5. The van der Waals surface area contributed by atoms with Gasteiger partial charge in [-0.3, -0.25) is 9.59 Å². The summed E-state index contributed by atoms with van der Waals surface area (Å²) in [4.78, 5) is 36.6. The smallest absolute Gasteiger partial charge is 0.326 e. The van der Waals surface area contributed by atoms with E-state index in [1.807, 2.05) is 0 Å². The molecule has 0 radical (unpaired) electrons. The highest BCUT2D eigenvalue weighted by Gasteiger charge is 2.19. The predicted molar refractivity (Wildman–Crippen MR) is 275 cm³/mol. The van der Waals surface area contributed by atoms with Crippen molar-refractivity contribution < 1.29 is 24.2 Å². The third-order valence-corrected chi connectivity index (χ3v) is 11.4. The second kappa shape index (κ2) is 50.5. The van der Waals surface area contributed by atoms with Crippen LogP contribution in [0.2, 0.25) is 0 Å². The highest BCUT2D eigenvalue weighted by molar-refractivity contribution is 5.83. The van der Waals surface area contributed by atoms with Crippen molar-refractivity contribution in [3.05, 3.63) is 85.1 Å². The van der Waals surface area contributed by atoms with Crippen molar-refractivity contribution in [1.29, 1.82) is 0 Å². The Hall–Kier alpha value is -3.45. The quantitative estimate of drug-likeness (QED) is 0.0318. The van der Waals surface area contributed by atoms with Gasteiger partial charge in [-0.1, -0.05) is 182 Å². The molecule has 7 heteroatoms.